The van der Waals surface area contributed by atoms with Gasteiger partial charge in [-0.25, -0.2) is 0 Å². The number of ketones is 1. The van der Waals surface area contributed by atoms with Gasteiger partial charge >= 0.3 is 0 Å². The number of aliphatic hydroxyl groups excluding tert-OH is 1. The molecule has 0 aromatic heterocycles. The minimum Gasteiger partial charge on any atom is -0.392 e. The van der Waals surface area contributed by atoms with Crippen LogP contribution >= 0.6 is 0 Å². The predicted octanol–water partition coefficient (Wildman–Crippen LogP) is 2.46. The smallest absolute Gasteiger partial charge is 0.265 e. The maximum Gasteiger partial charge on any atom is 0.265 e. The van der Waals surface area contributed by atoms with Gasteiger partial charge in [0.1, 0.15) is 0 Å². The molecule has 0 heterocycles. The van der Waals surface area contributed by atoms with Gasteiger partial charge in [-0.1, -0.05) is 38.1 Å². The highest BCUT2D eigenvalue weighted by molar-refractivity contribution is 7.85. The van der Waals surface area contributed by atoms with Crippen molar-refractivity contribution in [2.24, 2.45) is 16.7 Å². The Morgan fingerprint density at radius 3 is 2.42 bits per heavy atom. The minimum atomic E-state index is -4.24. The highest BCUT2D eigenvalue weighted by atomic mass is 32.2. The Morgan fingerprint density at radius 2 is 1.88 bits per heavy atom. The van der Waals surface area contributed by atoms with Crippen LogP contribution in [0, 0.1) is 16.7 Å². The molecule has 2 N–H and O–H groups in total. The van der Waals surface area contributed by atoms with E-state index in [2.05, 4.69) is 0 Å². The van der Waals surface area contributed by atoms with Gasteiger partial charge in [0.05, 0.1) is 17.8 Å². The van der Waals surface area contributed by atoms with E-state index in [9.17, 15) is 17.8 Å². The van der Waals surface area contributed by atoms with E-state index in [1.54, 1.807) is 12.1 Å². The van der Waals surface area contributed by atoms with E-state index in [4.69, 9.17) is 5.11 Å². The van der Waals surface area contributed by atoms with Gasteiger partial charge in [-0.2, -0.15) is 8.42 Å². The van der Waals surface area contributed by atoms with Crippen molar-refractivity contribution in [1.29, 1.82) is 0 Å². The zero-order valence-electron chi connectivity index (χ0n) is 13.8. The van der Waals surface area contributed by atoms with Crippen molar-refractivity contribution in [1.82, 2.24) is 0 Å². The number of benzene rings is 1. The number of carbonyl (C=O) groups is 1. The Bertz CT molecular complexity index is 804. The van der Waals surface area contributed by atoms with Crippen molar-refractivity contribution in [2.45, 2.75) is 33.3 Å². The molecule has 0 amide bonds. The molecule has 2 bridgehead atoms. The fourth-order valence-corrected chi connectivity index (χ4v) is 5.76. The Morgan fingerprint density at radius 1 is 1.25 bits per heavy atom. The van der Waals surface area contributed by atoms with E-state index >= 15 is 0 Å². The van der Waals surface area contributed by atoms with E-state index in [1.807, 2.05) is 32.1 Å². The molecule has 2 fully saturated rings. The van der Waals surface area contributed by atoms with Crippen LogP contribution in [-0.4, -0.2) is 29.6 Å². The molecule has 2 saturated carbocycles. The Balaban J connectivity index is 2.03. The molecule has 1 aromatic carbocycles. The van der Waals surface area contributed by atoms with Crippen LogP contribution in [0.4, 0.5) is 0 Å². The molecule has 130 valence electrons. The van der Waals surface area contributed by atoms with Crippen LogP contribution in [0.1, 0.15) is 37.8 Å². The summed E-state index contributed by atoms with van der Waals surface area (Å²) in [6, 6.07) is 7.26. The Kier molecular flexibility index (Phi) is 3.98. The summed E-state index contributed by atoms with van der Waals surface area (Å²) in [6.07, 6.45) is 3.06. The van der Waals surface area contributed by atoms with Gasteiger partial charge in [0.2, 0.25) is 0 Å². The van der Waals surface area contributed by atoms with Gasteiger partial charge in [0.15, 0.2) is 5.78 Å². The lowest BCUT2D eigenvalue weighted by Crippen LogP contribution is -2.42. The summed E-state index contributed by atoms with van der Waals surface area (Å²) < 4.78 is 32.4. The van der Waals surface area contributed by atoms with Crippen molar-refractivity contribution in [3.05, 3.63) is 41.0 Å². The average Bonchev–Trinajstić information content (AvgIpc) is 2.81. The SMILES string of the molecule is CC1(C)[C@@H]2CC[C@]1(CS(=O)(=O)O)C(=O)/C2=C\c1ccc(CO)cc1. The zero-order valence-corrected chi connectivity index (χ0v) is 14.6. The van der Waals surface area contributed by atoms with Crippen LogP contribution in [0.3, 0.4) is 0 Å². The van der Waals surface area contributed by atoms with Gasteiger partial charge in [0, 0.05) is 5.57 Å². The van der Waals surface area contributed by atoms with E-state index < -0.39 is 26.7 Å². The highest BCUT2D eigenvalue weighted by Gasteiger charge is 2.67. The lowest BCUT2D eigenvalue weighted by molar-refractivity contribution is -0.125. The second kappa shape index (κ2) is 5.51. The van der Waals surface area contributed by atoms with Gasteiger partial charge in [-0.15, -0.1) is 0 Å². The largest absolute Gasteiger partial charge is 0.392 e. The summed E-state index contributed by atoms with van der Waals surface area (Å²) in [6.45, 7) is 3.80. The summed E-state index contributed by atoms with van der Waals surface area (Å²) in [5, 5.41) is 9.10. The fourth-order valence-electron chi connectivity index (χ4n) is 4.49. The molecule has 6 heteroatoms. The topological polar surface area (TPSA) is 91.7 Å². The van der Waals surface area contributed by atoms with Crippen molar-refractivity contribution < 1.29 is 22.9 Å². The first-order chi connectivity index (χ1) is 11.1. The summed E-state index contributed by atoms with van der Waals surface area (Å²) in [5.41, 5.74) is 0.742. The van der Waals surface area contributed by atoms with Crippen molar-refractivity contribution in [2.75, 3.05) is 5.75 Å². The molecule has 5 nitrogen and oxygen atoms in total. The summed E-state index contributed by atoms with van der Waals surface area (Å²) in [4.78, 5) is 13.0. The van der Waals surface area contributed by atoms with Crippen LogP contribution in [0.5, 0.6) is 0 Å². The quantitative estimate of drug-likeness (QED) is 0.643. The lowest BCUT2D eigenvalue weighted by Gasteiger charge is -2.34. The van der Waals surface area contributed by atoms with E-state index in [1.165, 1.54) is 0 Å². The second-order valence-electron chi connectivity index (χ2n) is 7.45. The molecule has 1 aromatic rings. The van der Waals surface area contributed by atoms with Crippen molar-refractivity contribution in [3.63, 3.8) is 0 Å². The molecule has 2 aliphatic rings. The normalized spacial score (nSPS) is 30.2. The van der Waals surface area contributed by atoms with E-state index in [0.717, 1.165) is 17.5 Å². The predicted molar refractivity (Wildman–Crippen MR) is 90.7 cm³/mol. The molecule has 0 aliphatic heterocycles. The molecular weight excluding hydrogens is 328 g/mol. The zero-order chi connectivity index (χ0) is 17.8. The molecule has 0 saturated heterocycles. The first kappa shape index (κ1) is 17.3. The summed E-state index contributed by atoms with van der Waals surface area (Å²) >= 11 is 0. The maximum absolute atomic E-state index is 13.0. The van der Waals surface area contributed by atoms with Gasteiger partial charge in [-0.05, 0) is 41.4 Å². The van der Waals surface area contributed by atoms with Crippen LogP contribution < -0.4 is 0 Å². The second-order valence-corrected chi connectivity index (χ2v) is 8.90. The first-order valence-electron chi connectivity index (χ1n) is 8.02. The van der Waals surface area contributed by atoms with Crippen LogP contribution in [-0.2, 0) is 21.5 Å². The van der Waals surface area contributed by atoms with Crippen molar-refractivity contribution in [3.8, 4) is 0 Å². The van der Waals surface area contributed by atoms with E-state index in [0.29, 0.717) is 12.0 Å². The lowest BCUT2D eigenvalue weighted by atomic mass is 9.70. The fraction of sp³-hybridized carbons (Fsp3) is 0.500. The van der Waals surface area contributed by atoms with Crippen LogP contribution in [0.25, 0.3) is 6.08 Å². The van der Waals surface area contributed by atoms with Gasteiger partial charge in [-0.3, -0.25) is 9.35 Å². The number of allylic oxidation sites excluding steroid dienone is 1. The molecular formula is C18H22O5S. The standard InChI is InChI=1S/C18H22O5S/c1-17(2)15-7-8-18(17,11-24(21,22)23)16(20)14(15)9-12-3-5-13(10-19)6-4-12/h3-6,9,15,19H,7-8,10-11H2,1-2H3,(H,21,22,23)/b14-9-/t15-,18+/m1/s1. The number of hydrogen-bond donors (Lipinski definition) is 2. The van der Waals surface area contributed by atoms with E-state index in [-0.39, 0.29) is 18.3 Å². The minimum absolute atomic E-state index is 0.00994. The number of carbonyl (C=O) groups excluding carboxylic acids is 1. The van der Waals surface area contributed by atoms with Gasteiger partial charge in [0.25, 0.3) is 10.1 Å². The highest BCUT2D eigenvalue weighted by Crippen LogP contribution is 2.66. The summed E-state index contributed by atoms with van der Waals surface area (Å²) in [7, 11) is -4.24. The monoisotopic (exact) mass is 350 g/mol. The third-order valence-electron chi connectivity index (χ3n) is 5.95. The molecule has 0 radical (unpaired) electrons. The first-order valence-corrected chi connectivity index (χ1v) is 9.63. The third-order valence-corrected chi connectivity index (χ3v) is 6.81. The van der Waals surface area contributed by atoms with Crippen LogP contribution in [0.15, 0.2) is 29.8 Å². The molecule has 24 heavy (non-hydrogen) atoms. The van der Waals surface area contributed by atoms with Crippen LogP contribution in [0.2, 0.25) is 0 Å². The summed E-state index contributed by atoms with van der Waals surface area (Å²) in [5.74, 6) is -0.680. The molecule has 2 aliphatic carbocycles. The number of Topliss-reactive ketones (excluding diaryl/α,β-unsaturated/α-hetero) is 1. The maximum atomic E-state index is 13.0. The molecule has 0 unspecified atom stereocenters. The number of rotatable bonds is 4. The Hall–Kier alpha value is -1.50. The van der Waals surface area contributed by atoms with Gasteiger partial charge < -0.3 is 5.11 Å². The number of aliphatic hydroxyl groups is 1. The molecule has 3 rings (SSSR count). The average molecular weight is 350 g/mol. The molecule has 2 atom stereocenters. The Labute approximate surface area is 142 Å². The number of hydrogen-bond acceptors (Lipinski definition) is 4. The molecule has 0 spiro atoms. The van der Waals surface area contributed by atoms with Crippen molar-refractivity contribution >= 4 is 22.0 Å². The third kappa shape index (κ3) is 2.53. The number of fused-ring (bicyclic) bond motifs is 2.